The largest absolute Gasteiger partial charge is 0.481 e. The highest BCUT2D eigenvalue weighted by Gasteiger charge is 2.68. The molecular formula is C33H44N4O7S. The van der Waals surface area contributed by atoms with Crippen molar-refractivity contribution in [1.82, 2.24) is 20.6 Å². The van der Waals surface area contributed by atoms with Crippen molar-refractivity contribution in [3.8, 4) is 0 Å². The molecule has 2 aromatic rings. The lowest BCUT2D eigenvalue weighted by Crippen LogP contribution is -2.30. The van der Waals surface area contributed by atoms with Crippen molar-refractivity contribution in [3.05, 3.63) is 50.7 Å². The summed E-state index contributed by atoms with van der Waals surface area (Å²) >= 11 is 4.63. The van der Waals surface area contributed by atoms with Gasteiger partial charge in [0.2, 0.25) is 5.91 Å². The number of aromatic amines is 2. The minimum atomic E-state index is -0.901. The van der Waals surface area contributed by atoms with Gasteiger partial charge in [-0.25, -0.2) is 0 Å². The molecule has 244 valence electrons. The zero-order chi connectivity index (χ0) is 33.0. The molecule has 2 amide bonds. The SMILES string of the molecule is Cc1c(/C=C2\NC(=O)[C@H](C)[C@H]2[C@H](C)S)[nH]c(Cc2[nH]c(C[C@H]3NC(=O)[C@]4(O[C@H]4C)C3C)c(C)c2CCC(=O)O)c1CCC(=O)O. The fraction of sp³-hybridized carbons (Fsp3) is 0.576. The second kappa shape index (κ2) is 12.4. The van der Waals surface area contributed by atoms with Crippen LogP contribution in [0.4, 0.5) is 0 Å². The summed E-state index contributed by atoms with van der Waals surface area (Å²) in [6.07, 6.45) is 3.31. The van der Waals surface area contributed by atoms with Gasteiger partial charge in [0.25, 0.3) is 5.91 Å². The lowest BCUT2D eigenvalue weighted by Gasteiger charge is -2.17. The van der Waals surface area contributed by atoms with Gasteiger partial charge in [0.05, 0.1) is 6.10 Å². The highest BCUT2D eigenvalue weighted by atomic mass is 32.1. The Hall–Kier alpha value is -3.51. The molecule has 7 atom stereocenters. The number of nitrogens with one attached hydrogen (secondary N) is 4. The second-order valence-electron chi connectivity index (χ2n) is 13.0. The Morgan fingerprint density at radius 1 is 0.978 bits per heavy atom. The number of ether oxygens (including phenoxy) is 1. The number of aromatic nitrogens is 2. The number of hydrogen-bond donors (Lipinski definition) is 7. The fourth-order valence-corrected chi connectivity index (χ4v) is 7.94. The van der Waals surface area contributed by atoms with E-state index in [0.717, 1.165) is 50.7 Å². The van der Waals surface area contributed by atoms with E-state index < -0.39 is 17.5 Å². The maximum atomic E-state index is 12.8. The summed E-state index contributed by atoms with van der Waals surface area (Å²) in [5, 5.41) is 25.1. The molecule has 3 aliphatic rings. The van der Waals surface area contributed by atoms with E-state index in [2.05, 4.69) is 33.2 Å². The number of allylic oxidation sites excluding steroid dienone is 1. The molecule has 0 aromatic carbocycles. The van der Waals surface area contributed by atoms with Crippen molar-refractivity contribution in [3.63, 3.8) is 0 Å². The number of epoxide rings is 1. The number of hydrogen-bond acceptors (Lipinski definition) is 6. The van der Waals surface area contributed by atoms with E-state index in [1.807, 2.05) is 47.6 Å². The second-order valence-corrected chi connectivity index (χ2v) is 13.9. The number of carboxylic acid groups (broad SMARTS) is 2. The van der Waals surface area contributed by atoms with Gasteiger partial charge in [-0.15, -0.1) is 0 Å². The smallest absolute Gasteiger partial charge is 0.303 e. The quantitative estimate of drug-likeness (QED) is 0.137. The molecule has 12 heteroatoms. The molecule has 0 saturated carbocycles. The molecule has 5 heterocycles. The third kappa shape index (κ3) is 6.06. The summed E-state index contributed by atoms with van der Waals surface area (Å²) in [4.78, 5) is 55.5. The summed E-state index contributed by atoms with van der Waals surface area (Å²) in [5.74, 6) is -2.28. The van der Waals surface area contributed by atoms with Crippen molar-refractivity contribution >= 4 is 42.5 Å². The molecule has 6 N–H and O–H groups in total. The topological polar surface area (TPSA) is 177 Å². The average molecular weight is 641 g/mol. The normalized spacial score (nSPS) is 29.0. The Balaban J connectivity index is 1.50. The third-order valence-electron chi connectivity index (χ3n) is 10.3. The first-order valence-corrected chi connectivity index (χ1v) is 16.2. The number of H-pyrrole nitrogens is 2. The number of amides is 2. The molecule has 45 heavy (non-hydrogen) atoms. The molecule has 0 aliphatic carbocycles. The van der Waals surface area contributed by atoms with E-state index in [0.29, 0.717) is 25.7 Å². The maximum absolute atomic E-state index is 12.8. The molecule has 11 nitrogen and oxygen atoms in total. The van der Waals surface area contributed by atoms with E-state index in [9.17, 15) is 29.4 Å². The first kappa shape index (κ1) is 32.9. The molecule has 3 aliphatic heterocycles. The fourth-order valence-electron chi connectivity index (χ4n) is 7.52. The summed E-state index contributed by atoms with van der Waals surface area (Å²) < 4.78 is 5.74. The predicted molar refractivity (Wildman–Crippen MR) is 171 cm³/mol. The number of aliphatic carboxylic acids is 2. The van der Waals surface area contributed by atoms with Crippen LogP contribution in [0.25, 0.3) is 6.08 Å². The van der Waals surface area contributed by atoms with Crippen LogP contribution in [-0.2, 0) is 49.6 Å². The van der Waals surface area contributed by atoms with E-state index in [1.165, 1.54) is 0 Å². The van der Waals surface area contributed by atoms with Crippen LogP contribution in [0.3, 0.4) is 0 Å². The van der Waals surface area contributed by atoms with Gasteiger partial charge in [-0.05, 0) is 61.9 Å². The van der Waals surface area contributed by atoms with Gasteiger partial charge in [0.1, 0.15) is 0 Å². The van der Waals surface area contributed by atoms with Gasteiger partial charge < -0.3 is 35.6 Å². The van der Waals surface area contributed by atoms with Crippen LogP contribution < -0.4 is 10.6 Å². The zero-order valence-electron chi connectivity index (χ0n) is 26.7. The number of carbonyl (C=O) groups excluding carboxylic acids is 2. The molecule has 1 unspecified atom stereocenters. The number of thiol groups is 1. The molecule has 2 aromatic heterocycles. The molecule has 3 saturated heterocycles. The van der Waals surface area contributed by atoms with Gasteiger partial charge in [0, 0.05) is 83.2 Å². The summed E-state index contributed by atoms with van der Waals surface area (Å²) in [5.41, 5.74) is 7.06. The molecule has 3 fully saturated rings. The van der Waals surface area contributed by atoms with Gasteiger partial charge in [0.15, 0.2) is 5.60 Å². The van der Waals surface area contributed by atoms with Gasteiger partial charge >= 0.3 is 11.9 Å². The Kier molecular flexibility index (Phi) is 9.02. The highest BCUT2D eigenvalue weighted by Crippen LogP contribution is 2.48. The van der Waals surface area contributed by atoms with Crippen LogP contribution in [0.1, 0.15) is 85.6 Å². The Morgan fingerprint density at radius 2 is 1.56 bits per heavy atom. The number of rotatable bonds is 12. The number of carbonyl (C=O) groups is 4. The van der Waals surface area contributed by atoms with Crippen LogP contribution in [0, 0.1) is 31.6 Å². The van der Waals surface area contributed by atoms with Crippen molar-refractivity contribution in [2.45, 2.75) is 103 Å². The highest BCUT2D eigenvalue weighted by molar-refractivity contribution is 7.80. The Labute approximate surface area is 268 Å². The Morgan fingerprint density at radius 3 is 2.09 bits per heavy atom. The van der Waals surface area contributed by atoms with Gasteiger partial charge in [-0.2, -0.15) is 12.6 Å². The van der Waals surface area contributed by atoms with E-state index in [4.69, 9.17) is 4.74 Å². The summed E-state index contributed by atoms with van der Waals surface area (Å²) in [6, 6.07) is -0.136. The van der Waals surface area contributed by atoms with Gasteiger partial charge in [-0.3, -0.25) is 19.2 Å². The van der Waals surface area contributed by atoms with E-state index in [1.54, 1.807) is 0 Å². The molecule has 1 spiro atoms. The van der Waals surface area contributed by atoms with Crippen molar-refractivity contribution in [2.75, 3.05) is 0 Å². The molecule has 0 bridgehead atoms. The monoisotopic (exact) mass is 640 g/mol. The summed E-state index contributed by atoms with van der Waals surface area (Å²) in [6.45, 7) is 11.7. The maximum Gasteiger partial charge on any atom is 0.303 e. The average Bonchev–Trinajstić information content (AvgIpc) is 3.13. The third-order valence-corrected chi connectivity index (χ3v) is 10.6. The van der Waals surface area contributed by atoms with E-state index >= 15 is 0 Å². The van der Waals surface area contributed by atoms with Crippen LogP contribution in [0.2, 0.25) is 0 Å². The first-order chi connectivity index (χ1) is 21.1. The molecule has 0 radical (unpaired) electrons. The Bertz CT molecular complexity index is 1570. The predicted octanol–water partition coefficient (Wildman–Crippen LogP) is 3.46. The zero-order valence-corrected chi connectivity index (χ0v) is 27.6. The van der Waals surface area contributed by atoms with Crippen LogP contribution in [0.5, 0.6) is 0 Å². The van der Waals surface area contributed by atoms with E-state index in [-0.39, 0.29) is 59.8 Å². The molecule has 5 rings (SSSR count). The van der Waals surface area contributed by atoms with Crippen molar-refractivity contribution < 1.29 is 34.1 Å². The van der Waals surface area contributed by atoms with Crippen molar-refractivity contribution in [2.24, 2.45) is 17.8 Å². The minimum absolute atomic E-state index is 0.0273. The minimum Gasteiger partial charge on any atom is -0.481 e. The van der Waals surface area contributed by atoms with Crippen molar-refractivity contribution in [1.29, 1.82) is 0 Å². The lowest BCUT2D eigenvalue weighted by molar-refractivity contribution is -0.138. The van der Waals surface area contributed by atoms with Crippen LogP contribution in [-0.4, -0.2) is 66.9 Å². The first-order valence-electron chi connectivity index (χ1n) is 15.7. The number of carboxylic acids is 2. The summed E-state index contributed by atoms with van der Waals surface area (Å²) in [7, 11) is 0. The standard InChI is InChI=1S/C33H44N4O7S/c1-14-20(7-9-28(38)39)25(34-22(14)11-24-17(4)33(19(6)44-33)32(43)37-24)13-26-21(8-10-29(40)41)15(2)23(35-26)12-27-30(18(5)45)16(3)31(42)36-27/h12,16-19,24,30,34-35,45H,7-11,13H2,1-6H3,(H,36,42)(H,37,43)(H,38,39)(H,40,41)/b27-12-/t16-,17?,18+,19+,24-,30+,33+/m1/s1. The van der Waals surface area contributed by atoms with Crippen LogP contribution >= 0.6 is 12.6 Å². The molecular weight excluding hydrogens is 596 g/mol. The lowest BCUT2D eigenvalue weighted by atomic mass is 9.87. The van der Waals surface area contributed by atoms with Gasteiger partial charge in [-0.1, -0.05) is 20.8 Å². The van der Waals surface area contributed by atoms with Crippen LogP contribution in [0.15, 0.2) is 5.70 Å².